The average Bonchev–Trinajstić information content (AvgIpc) is 2.99. The molecule has 2 rings (SSSR count). The highest BCUT2D eigenvalue weighted by atomic mass is 16.6. The fraction of sp³-hybridized carbons (Fsp3) is 0.412. The van der Waals surface area contributed by atoms with E-state index in [4.69, 9.17) is 0 Å². The van der Waals surface area contributed by atoms with Gasteiger partial charge in [-0.2, -0.15) is 0 Å². The Morgan fingerprint density at radius 2 is 2.07 bits per heavy atom. The third-order valence-corrected chi connectivity index (χ3v) is 4.01. The molecule has 0 fully saturated rings. The second kappa shape index (κ2) is 8.39. The number of hydrogen-bond donors (Lipinski definition) is 2. The number of nitrogens with zero attached hydrogens (tertiary/aromatic N) is 4. The van der Waals surface area contributed by atoms with Gasteiger partial charge < -0.3 is 10.4 Å². The minimum absolute atomic E-state index is 0.0184. The highest BCUT2D eigenvalue weighted by molar-refractivity contribution is 5.93. The van der Waals surface area contributed by atoms with E-state index in [0.717, 1.165) is 0 Å². The molecule has 0 aliphatic heterocycles. The monoisotopic (exact) mass is 375 g/mol. The van der Waals surface area contributed by atoms with E-state index >= 15 is 0 Å². The normalized spacial score (nSPS) is 12.0. The van der Waals surface area contributed by atoms with Crippen molar-refractivity contribution in [3.63, 3.8) is 0 Å². The first kappa shape index (κ1) is 20.0. The summed E-state index contributed by atoms with van der Waals surface area (Å²) in [5.41, 5.74) is 0.724. The largest absolute Gasteiger partial charge is 0.481 e. The molecule has 144 valence electrons. The highest BCUT2D eigenvalue weighted by Crippen LogP contribution is 2.18. The van der Waals surface area contributed by atoms with Gasteiger partial charge in [0.25, 0.3) is 11.6 Å². The van der Waals surface area contributed by atoms with Crippen LogP contribution in [0.3, 0.4) is 0 Å². The molecule has 1 unspecified atom stereocenters. The van der Waals surface area contributed by atoms with Gasteiger partial charge in [-0.3, -0.25) is 19.7 Å². The van der Waals surface area contributed by atoms with Crippen molar-refractivity contribution in [3.8, 4) is 5.69 Å². The summed E-state index contributed by atoms with van der Waals surface area (Å²) >= 11 is 0. The number of carboxylic acids is 1. The molecule has 0 aliphatic rings. The first-order valence-corrected chi connectivity index (χ1v) is 8.38. The number of carbonyl (C=O) groups is 2. The first-order chi connectivity index (χ1) is 12.7. The number of nitro groups is 1. The van der Waals surface area contributed by atoms with E-state index in [1.807, 2.05) is 13.8 Å². The molecule has 0 spiro atoms. The Balaban J connectivity index is 2.16. The maximum absolute atomic E-state index is 12.4. The van der Waals surface area contributed by atoms with E-state index in [2.05, 4.69) is 15.6 Å². The summed E-state index contributed by atoms with van der Waals surface area (Å²) in [5.74, 6) is -2.03. The van der Waals surface area contributed by atoms with Gasteiger partial charge in [0.1, 0.15) is 0 Å². The molecule has 10 heteroatoms. The number of hydrogen-bond acceptors (Lipinski definition) is 6. The van der Waals surface area contributed by atoms with Crippen molar-refractivity contribution in [2.75, 3.05) is 6.54 Å². The van der Waals surface area contributed by atoms with E-state index < -0.39 is 22.7 Å². The molecule has 2 aromatic rings. The van der Waals surface area contributed by atoms with Crippen molar-refractivity contribution in [1.82, 2.24) is 20.3 Å². The number of amides is 1. The van der Waals surface area contributed by atoms with Crippen molar-refractivity contribution in [1.29, 1.82) is 0 Å². The molecule has 27 heavy (non-hydrogen) atoms. The van der Waals surface area contributed by atoms with E-state index in [9.17, 15) is 24.8 Å². The van der Waals surface area contributed by atoms with Crippen molar-refractivity contribution in [2.24, 2.45) is 11.8 Å². The lowest BCUT2D eigenvalue weighted by Crippen LogP contribution is -2.34. The van der Waals surface area contributed by atoms with Gasteiger partial charge in [-0.05, 0) is 25.3 Å². The van der Waals surface area contributed by atoms with Gasteiger partial charge in [-0.25, -0.2) is 4.68 Å². The van der Waals surface area contributed by atoms with Gasteiger partial charge in [-0.1, -0.05) is 25.1 Å². The van der Waals surface area contributed by atoms with E-state index in [0.29, 0.717) is 17.8 Å². The van der Waals surface area contributed by atoms with Crippen LogP contribution in [-0.4, -0.2) is 43.4 Å². The summed E-state index contributed by atoms with van der Waals surface area (Å²) < 4.78 is 1.32. The molecule has 0 bridgehead atoms. The SMILES string of the molecule is Cc1c(C(=O)NCC(CC(C)C)C(=O)O)nnn1-c1cccc([N+](=O)[O-])c1. The van der Waals surface area contributed by atoms with Gasteiger partial charge in [0.15, 0.2) is 5.69 Å². The summed E-state index contributed by atoms with van der Waals surface area (Å²) in [5, 5.41) is 30.5. The minimum Gasteiger partial charge on any atom is -0.481 e. The summed E-state index contributed by atoms with van der Waals surface area (Å²) in [6.07, 6.45) is 0.439. The number of carbonyl (C=O) groups excluding carboxylic acids is 1. The highest BCUT2D eigenvalue weighted by Gasteiger charge is 2.23. The molecule has 1 heterocycles. The molecule has 0 aliphatic carbocycles. The Kier molecular flexibility index (Phi) is 6.22. The van der Waals surface area contributed by atoms with Crippen LogP contribution in [0, 0.1) is 28.9 Å². The lowest BCUT2D eigenvalue weighted by Gasteiger charge is -2.15. The number of aromatic nitrogens is 3. The molecular weight excluding hydrogens is 354 g/mol. The van der Waals surface area contributed by atoms with E-state index in [1.54, 1.807) is 13.0 Å². The van der Waals surface area contributed by atoms with Crippen LogP contribution in [-0.2, 0) is 4.79 Å². The second-order valence-electron chi connectivity index (χ2n) is 6.59. The Bertz CT molecular complexity index is 861. The minimum atomic E-state index is -0.971. The van der Waals surface area contributed by atoms with Crippen LogP contribution >= 0.6 is 0 Å². The van der Waals surface area contributed by atoms with Crippen LogP contribution in [0.25, 0.3) is 5.69 Å². The van der Waals surface area contributed by atoms with Crippen LogP contribution in [0.15, 0.2) is 24.3 Å². The van der Waals surface area contributed by atoms with Gasteiger partial charge in [0.05, 0.1) is 22.2 Å². The van der Waals surface area contributed by atoms with Gasteiger partial charge in [-0.15, -0.1) is 5.10 Å². The lowest BCUT2D eigenvalue weighted by molar-refractivity contribution is -0.384. The summed E-state index contributed by atoms with van der Waals surface area (Å²) in [4.78, 5) is 34.0. The molecule has 0 saturated heterocycles. The number of non-ortho nitro benzene ring substituents is 1. The third kappa shape index (κ3) is 4.87. The maximum Gasteiger partial charge on any atom is 0.308 e. The molecule has 1 amide bonds. The predicted octanol–water partition coefficient (Wildman–Crippen LogP) is 1.96. The summed E-state index contributed by atoms with van der Waals surface area (Å²) in [7, 11) is 0. The van der Waals surface area contributed by atoms with Crippen LogP contribution in [0.5, 0.6) is 0 Å². The fourth-order valence-corrected chi connectivity index (χ4v) is 2.66. The predicted molar refractivity (Wildman–Crippen MR) is 95.7 cm³/mol. The standard InChI is InChI=1S/C17H21N5O5/c1-10(2)7-12(17(24)25)9-18-16(23)15-11(3)21(20-19-15)13-5-4-6-14(8-13)22(26)27/h4-6,8,10,12H,7,9H2,1-3H3,(H,18,23)(H,24,25). The Morgan fingerprint density at radius 1 is 1.37 bits per heavy atom. The van der Waals surface area contributed by atoms with Gasteiger partial charge in [0, 0.05) is 18.7 Å². The van der Waals surface area contributed by atoms with Gasteiger partial charge in [0.2, 0.25) is 0 Å². The number of carboxylic acid groups (broad SMARTS) is 1. The Labute approximate surface area is 155 Å². The maximum atomic E-state index is 12.4. The van der Waals surface area contributed by atoms with Crippen LogP contribution in [0.4, 0.5) is 5.69 Å². The smallest absolute Gasteiger partial charge is 0.308 e. The average molecular weight is 375 g/mol. The zero-order chi connectivity index (χ0) is 20.1. The van der Waals surface area contributed by atoms with Crippen LogP contribution in [0.2, 0.25) is 0 Å². The zero-order valence-electron chi connectivity index (χ0n) is 15.2. The van der Waals surface area contributed by atoms with Crippen LogP contribution < -0.4 is 5.32 Å². The van der Waals surface area contributed by atoms with Crippen molar-refractivity contribution < 1.29 is 19.6 Å². The molecular formula is C17H21N5O5. The summed E-state index contributed by atoms with van der Waals surface area (Å²) in [6.45, 7) is 5.41. The Hall–Kier alpha value is -3.30. The topological polar surface area (TPSA) is 140 Å². The van der Waals surface area contributed by atoms with Gasteiger partial charge >= 0.3 is 5.97 Å². The van der Waals surface area contributed by atoms with Crippen molar-refractivity contribution in [2.45, 2.75) is 27.2 Å². The second-order valence-corrected chi connectivity index (χ2v) is 6.59. The number of nitro benzene ring substituents is 1. The third-order valence-electron chi connectivity index (χ3n) is 4.01. The molecule has 2 N–H and O–H groups in total. The van der Waals surface area contributed by atoms with E-state index in [-0.39, 0.29) is 23.8 Å². The molecule has 10 nitrogen and oxygen atoms in total. The number of rotatable bonds is 8. The zero-order valence-corrected chi connectivity index (χ0v) is 15.2. The van der Waals surface area contributed by atoms with Crippen LogP contribution in [0.1, 0.15) is 36.5 Å². The molecule has 1 aromatic carbocycles. The molecule has 1 aromatic heterocycles. The Morgan fingerprint density at radius 3 is 2.67 bits per heavy atom. The quantitative estimate of drug-likeness (QED) is 0.531. The van der Waals surface area contributed by atoms with E-state index in [1.165, 1.54) is 22.9 Å². The molecule has 1 atom stereocenters. The summed E-state index contributed by atoms with van der Waals surface area (Å²) in [6, 6.07) is 5.80. The lowest BCUT2D eigenvalue weighted by atomic mass is 9.97. The number of benzene rings is 1. The van der Waals surface area contributed by atoms with Crippen molar-refractivity contribution >= 4 is 17.6 Å². The first-order valence-electron chi connectivity index (χ1n) is 8.38. The fourth-order valence-electron chi connectivity index (χ4n) is 2.66. The molecule has 0 radical (unpaired) electrons. The van der Waals surface area contributed by atoms with Crippen molar-refractivity contribution in [3.05, 3.63) is 45.8 Å². The molecule has 0 saturated carbocycles. The number of aliphatic carboxylic acids is 1. The number of nitrogens with one attached hydrogen (secondary N) is 1.